The lowest BCUT2D eigenvalue weighted by Crippen LogP contribution is -2.06. The summed E-state index contributed by atoms with van der Waals surface area (Å²) in [6, 6.07) is 5.02. The van der Waals surface area contributed by atoms with E-state index in [0.717, 1.165) is 10.9 Å². The number of halogens is 2. The van der Waals surface area contributed by atoms with Gasteiger partial charge < -0.3 is 5.11 Å². The topological polar surface area (TPSA) is 20.2 Å². The monoisotopic (exact) mass is 260 g/mol. The molecule has 1 unspecified atom stereocenters. The van der Waals surface area contributed by atoms with Gasteiger partial charge in [-0.25, -0.2) is 4.39 Å². The maximum absolute atomic E-state index is 13.3. The predicted molar refractivity (Wildman–Crippen MR) is 58.7 cm³/mol. The summed E-state index contributed by atoms with van der Waals surface area (Å²) in [6.07, 6.45) is 1.61. The summed E-state index contributed by atoms with van der Waals surface area (Å²) in [4.78, 5) is 0. The predicted octanol–water partition coefficient (Wildman–Crippen LogP) is 3.29. The van der Waals surface area contributed by atoms with Gasteiger partial charge in [-0.3, -0.25) is 0 Å². The molecule has 0 spiro atoms. The Hall–Kier alpha value is -0.410. The van der Waals surface area contributed by atoms with Crippen LogP contribution >= 0.6 is 15.9 Å². The fourth-order valence-electron chi connectivity index (χ4n) is 1.25. The number of hydrogen-bond donors (Lipinski definition) is 1. The lowest BCUT2D eigenvalue weighted by atomic mass is 10.1. The first-order valence-corrected chi connectivity index (χ1v) is 5.54. The largest absolute Gasteiger partial charge is 0.393 e. The molecule has 0 aromatic heterocycles. The Balaban J connectivity index is 2.59. The Morgan fingerprint density at radius 1 is 1.50 bits per heavy atom. The lowest BCUT2D eigenvalue weighted by molar-refractivity contribution is 0.160. The quantitative estimate of drug-likeness (QED) is 0.881. The zero-order chi connectivity index (χ0) is 10.6. The number of rotatable bonds is 4. The molecule has 1 atom stereocenters. The van der Waals surface area contributed by atoms with Gasteiger partial charge in [0.05, 0.1) is 6.10 Å². The van der Waals surface area contributed by atoms with Crippen molar-refractivity contribution in [2.45, 2.75) is 32.3 Å². The summed E-state index contributed by atoms with van der Waals surface area (Å²) < 4.78 is 14.0. The highest BCUT2D eigenvalue weighted by molar-refractivity contribution is 9.10. The van der Waals surface area contributed by atoms with Gasteiger partial charge in [0, 0.05) is 4.47 Å². The van der Waals surface area contributed by atoms with E-state index in [2.05, 4.69) is 15.9 Å². The minimum absolute atomic E-state index is 0.206. The van der Waals surface area contributed by atoms with Crippen molar-refractivity contribution in [2.75, 3.05) is 0 Å². The minimum atomic E-state index is -0.321. The Kier molecular flexibility index (Phi) is 4.55. The second-order valence-electron chi connectivity index (χ2n) is 3.34. The van der Waals surface area contributed by atoms with Gasteiger partial charge in [0.2, 0.25) is 0 Å². The summed E-state index contributed by atoms with van der Waals surface area (Å²) in [6.45, 7) is 1.92. The van der Waals surface area contributed by atoms with Crippen molar-refractivity contribution >= 4 is 15.9 Å². The lowest BCUT2D eigenvalue weighted by Gasteiger charge is -2.08. The first-order valence-electron chi connectivity index (χ1n) is 4.75. The summed E-state index contributed by atoms with van der Waals surface area (Å²) in [7, 11) is 0. The maximum Gasteiger partial charge on any atom is 0.127 e. The van der Waals surface area contributed by atoms with E-state index in [4.69, 9.17) is 0 Å². The summed E-state index contributed by atoms with van der Waals surface area (Å²) in [5.41, 5.74) is 0.667. The van der Waals surface area contributed by atoms with Gasteiger partial charge in [-0.2, -0.15) is 0 Å². The molecule has 1 aromatic carbocycles. The van der Waals surface area contributed by atoms with Gasteiger partial charge >= 0.3 is 0 Å². The Morgan fingerprint density at radius 2 is 2.21 bits per heavy atom. The number of aliphatic hydroxyl groups is 1. The minimum Gasteiger partial charge on any atom is -0.393 e. The van der Waals surface area contributed by atoms with Crippen molar-refractivity contribution in [1.29, 1.82) is 0 Å². The van der Waals surface area contributed by atoms with Crippen LogP contribution in [0.4, 0.5) is 4.39 Å². The van der Waals surface area contributed by atoms with Crippen LogP contribution < -0.4 is 0 Å². The summed E-state index contributed by atoms with van der Waals surface area (Å²) >= 11 is 3.20. The fraction of sp³-hybridized carbons (Fsp3) is 0.455. The van der Waals surface area contributed by atoms with Crippen LogP contribution in [0.1, 0.15) is 25.3 Å². The molecular formula is C11H14BrFO. The number of hydrogen-bond acceptors (Lipinski definition) is 1. The molecule has 0 heterocycles. The normalized spacial score (nSPS) is 12.9. The molecule has 78 valence electrons. The highest BCUT2D eigenvalue weighted by Gasteiger charge is 2.05. The first-order chi connectivity index (χ1) is 6.63. The Morgan fingerprint density at radius 3 is 2.79 bits per heavy atom. The molecule has 1 rings (SSSR count). The van der Waals surface area contributed by atoms with Crippen molar-refractivity contribution < 1.29 is 9.50 Å². The molecule has 0 aliphatic heterocycles. The SMILES string of the molecule is CCC(O)CCc1ccc(Br)cc1F. The third-order valence-corrected chi connectivity index (χ3v) is 2.73. The first kappa shape index (κ1) is 11.7. The van der Waals surface area contributed by atoms with Crippen LogP contribution in [-0.2, 0) is 6.42 Å². The smallest absolute Gasteiger partial charge is 0.127 e. The standard InChI is InChI=1S/C11H14BrFO/c1-2-10(14)6-4-8-3-5-9(12)7-11(8)13/h3,5,7,10,14H,2,4,6H2,1H3. The Bertz CT molecular complexity index is 301. The van der Waals surface area contributed by atoms with E-state index in [1.54, 1.807) is 6.07 Å². The number of benzene rings is 1. The van der Waals surface area contributed by atoms with Crippen LogP contribution in [0.5, 0.6) is 0 Å². The average molecular weight is 261 g/mol. The van der Waals surface area contributed by atoms with Crippen molar-refractivity contribution in [1.82, 2.24) is 0 Å². The van der Waals surface area contributed by atoms with Crippen LogP contribution in [0.2, 0.25) is 0 Å². The molecule has 0 saturated carbocycles. The molecule has 14 heavy (non-hydrogen) atoms. The molecule has 0 aliphatic carbocycles. The van der Waals surface area contributed by atoms with Crippen molar-refractivity contribution in [3.63, 3.8) is 0 Å². The summed E-state index contributed by atoms with van der Waals surface area (Å²) in [5.74, 6) is -0.206. The molecule has 0 fully saturated rings. The number of aryl methyl sites for hydroxylation is 1. The molecule has 0 amide bonds. The van der Waals surface area contributed by atoms with Gasteiger partial charge in [-0.05, 0) is 37.0 Å². The van der Waals surface area contributed by atoms with E-state index in [9.17, 15) is 9.50 Å². The van der Waals surface area contributed by atoms with Gasteiger partial charge in [-0.1, -0.05) is 28.9 Å². The molecule has 0 bridgehead atoms. The maximum atomic E-state index is 13.3. The van der Waals surface area contributed by atoms with Crippen molar-refractivity contribution in [3.05, 3.63) is 34.1 Å². The molecule has 0 aliphatic rings. The molecule has 1 N–H and O–H groups in total. The van der Waals surface area contributed by atoms with E-state index in [0.29, 0.717) is 18.4 Å². The van der Waals surface area contributed by atoms with E-state index in [1.807, 2.05) is 13.0 Å². The second-order valence-corrected chi connectivity index (χ2v) is 4.25. The third kappa shape index (κ3) is 3.39. The zero-order valence-corrected chi connectivity index (χ0v) is 9.72. The molecule has 1 nitrogen and oxygen atoms in total. The van der Waals surface area contributed by atoms with E-state index >= 15 is 0 Å². The highest BCUT2D eigenvalue weighted by atomic mass is 79.9. The van der Waals surface area contributed by atoms with Crippen molar-refractivity contribution in [2.24, 2.45) is 0 Å². The zero-order valence-electron chi connectivity index (χ0n) is 8.13. The van der Waals surface area contributed by atoms with Gasteiger partial charge in [0.15, 0.2) is 0 Å². The molecule has 0 radical (unpaired) electrons. The number of aliphatic hydroxyl groups excluding tert-OH is 1. The third-order valence-electron chi connectivity index (χ3n) is 2.23. The highest BCUT2D eigenvalue weighted by Crippen LogP contribution is 2.17. The second kappa shape index (κ2) is 5.47. The van der Waals surface area contributed by atoms with E-state index in [-0.39, 0.29) is 11.9 Å². The molecular weight excluding hydrogens is 247 g/mol. The van der Waals surface area contributed by atoms with Gasteiger partial charge in [0.1, 0.15) is 5.82 Å². The Labute approximate surface area is 92.1 Å². The van der Waals surface area contributed by atoms with E-state index < -0.39 is 0 Å². The van der Waals surface area contributed by atoms with Crippen LogP contribution in [-0.4, -0.2) is 11.2 Å². The van der Waals surface area contributed by atoms with Gasteiger partial charge in [-0.15, -0.1) is 0 Å². The van der Waals surface area contributed by atoms with Crippen LogP contribution in [0.3, 0.4) is 0 Å². The average Bonchev–Trinajstić information content (AvgIpc) is 2.16. The fourth-order valence-corrected chi connectivity index (χ4v) is 1.58. The van der Waals surface area contributed by atoms with E-state index in [1.165, 1.54) is 6.07 Å². The molecule has 1 aromatic rings. The molecule has 0 saturated heterocycles. The summed E-state index contributed by atoms with van der Waals surface area (Å²) in [5, 5.41) is 9.33. The van der Waals surface area contributed by atoms with Crippen LogP contribution in [0.25, 0.3) is 0 Å². The van der Waals surface area contributed by atoms with Crippen LogP contribution in [0, 0.1) is 5.82 Å². The molecule has 3 heteroatoms. The van der Waals surface area contributed by atoms with Gasteiger partial charge in [0.25, 0.3) is 0 Å². The van der Waals surface area contributed by atoms with Crippen molar-refractivity contribution in [3.8, 4) is 0 Å². The van der Waals surface area contributed by atoms with Crippen LogP contribution in [0.15, 0.2) is 22.7 Å².